The average molecular weight is 435 g/mol. The van der Waals surface area contributed by atoms with Gasteiger partial charge in [-0.1, -0.05) is 29.8 Å². The number of aliphatic hydroxyl groups excluding tert-OH is 1. The van der Waals surface area contributed by atoms with Gasteiger partial charge >= 0.3 is 0 Å². The van der Waals surface area contributed by atoms with Crippen LogP contribution in [0.25, 0.3) is 0 Å². The molecule has 2 aromatic carbocycles. The van der Waals surface area contributed by atoms with Crippen LogP contribution in [-0.4, -0.2) is 74.6 Å². The lowest BCUT2D eigenvalue weighted by atomic mass is 10.2. The summed E-state index contributed by atoms with van der Waals surface area (Å²) in [5.41, 5.74) is 2.26. The van der Waals surface area contributed by atoms with Crippen LogP contribution in [0.2, 0.25) is 5.02 Å². The molecule has 1 unspecified atom stereocenters. The van der Waals surface area contributed by atoms with Crippen LogP contribution in [0.3, 0.4) is 0 Å². The van der Waals surface area contributed by atoms with Gasteiger partial charge in [-0.05, 0) is 35.4 Å². The van der Waals surface area contributed by atoms with E-state index >= 15 is 0 Å². The number of halogens is 1. The van der Waals surface area contributed by atoms with E-state index in [1.54, 1.807) is 14.2 Å². The third-order valence-corrected chi connectivity index (χ3v) is 5.53. The van der Waals surface area contributed by atoms with Gasteiger partial charge in [-0.15, -0.1) is 0 Å². The maximum Gasteiger partial charge on any atom is 0.161 e. The van der Waals surface area contributed by atoms with E-state index in [0.717, 1.165) is 43.3 Å². The molecule has 1 atom stereocenters. The Morgan fingerprint density at radius 3 is 2.20 bits per heavy atom. The second kappa shape index (κ2) is 11.5. The summed E-state index contributed by atoms with van der Waals surface area (Å²) in [7, 11) is 3.23. The molecule has 0 saturated carbocycles. The van der Waals surface area contributed by atoms with E-state index in [1.165, 1.54) is 5.56 Å². The molecular formula is C23H31ClN2O4. The topological polar surface area (TPSA) is 54.4 Å². The van der Waals surface area contributed by atoms with Gasteiger partial charge < -0.3 is 19.3 Å². The molecule has 1 saturated heterocycles. The van der Waals surface area contributed by atoms with E-state index in [1.807, 2.05) is 30.3 Å². The Balaban J connectivity index is 1.35. The Kier molecular flexibility index (Phi) is 8.78. The first-order valence-corrected chi connectivity index (χ1v) is 10.6. The van der Waals surface area contributed by atoms with Gasteiger partial charge in [-0.3, -0.25) is 9.80 Å². The minimum atomic E-state index is -0.507. The zero-order valence-electron chi connectivity index (χ0n) is 17.7. The van der Waals surface area contributed by atoms with Crippen LogP contribution in [0.5, 0.6) is 11.5 Å². The molecule has 3 rings (SSSR count). The van der Waals surface area contributed by atoms with E-state index in [2.05, 4.69) is 21.9 Å². The van der Waals surface area contributed by atoms with Gasteiger partial charge in [0.25, 0.3) is 0 Å². The van der Waals surface area contributed by atoms with Crippen molar-refractivity contribution in [3.05, 3.63) is 58.6 Å². The Morgan fingerprint density at radius 1 is 0.900 bits per heavy atom. The lowest BCUT2D eigenvalue weighted by Crippen LogP contribution is -2.48. The molecule has 30 heavy (non-hydrogen) atoms. The molecule has 164 valence electrons. The lowest BCUT2D eigenvalue weighted by molar-refractivity contribution is 0.000840. The molecule has 1 N–H and O–H groups in total. The zero-order valence-corrected chi connectivity index (χ0v) is 18.5. The van der Waals surface area contributed by atoms with Crippen molar-refractivity contribution in [1.82, 2.24) is 9.80 Å². The quantitative estimate of drug-likeness (QED) is 0.620. The predicted molar refractivity (Wildman–Crippen MR) is 118 cm³/mol. The summed E-state index contributed by atoms with van der Waals surface area (Å²) in [5.74, 6) is 1.37. The standard InChI is InChI=1S/C23H31ClN2O4/c1-28-22-8-5-19(13-23(22)29-2)16-30-17-21(27)15-26-11-9-25(10-12-26)14-18-3-6-20(24)7-4-18/h3-8,13,21,27H,9-12,14-17H2,1-2H3. The fourth-order valence-electron chi connectivity index (χ4n) is 3.61. The number of ether oxygens (including phenoxy) is 3. The number of aliphatic hydroxyl groups is 1. The number of rotatable bonds is 10. The Hall–Kier alpha value is -1.83. The van der Waals surface area contributed by atoms with Crippen LogP contribution in [0.15, 0.2) is 42.5 Å². The number of methoxy groups -OCH3 is 2. The average Bonchev–Trinajstić information content (AvgIpc) is 2.76. The first kappa shape index (κ1) is 22.8. The lowest BCUT2D eigenvalue weighted by Gasteiger charge is -2.35. The van der Waals surface area contributed by atoms with Gasteiger partial charge in [-0.25, -0.2) is 0 Å². The van der Waals surface area contributed by atoms with Crippen LogP contribution >= 0.6 is 11.6 Å². The molecule has 2 aromatic rings. The molecule has 1 heterocycles. The predicted octanol–water partition coefficient (Wildman–Crippen LogP) is 3.05. The van der Waals surface area contributed by atoms with E-state index in [9.17, 15) is 5.11 Å². The minimum Gasteiger partial charge on any atom is -0.493 e. The number of hydrogen-bond acceptors (Lipinski definition) is 6. The summed E-state index contributed by atoms with van der Waals surface area (Å²) in [6, 6.07) is 13.7. The summed E-state index contributed by atoms with van der Waals surface area (Å²) >= 11 is 5.95. The maximum absolute atomic E-state index is 10.4. The van der Waals surface area contributed by atoms with E-state index in [0.29, 0.717) is 31.3 Å². The van der Waals surface area contributed by atoms with E-state index in [4.69, 9.17) is 25.8 Å². The number of β-amino-alcohol motifs (C(OH)–C–C–N with tert-alkyl or cyclic N) is 1. The summed E-state index contributed by atoms with van der Waals surface area (Å²) < 4.78 is 16.3. The molecule has 6 nitrogen and oxygen atoms in total. The Morgan fingerprint density at radius 2 is 1.53 bits per heavy atom. The fourth-order valence-corrected chi connectivity index (χ4v) is 3.74. The van der Waals surface area contributed by atoms with E-state index < -0.39 is 6.10 Å². The molecule has 0 aromatic heterocycles. The summed E-state index contributed by atoms with van der Waals surface area (Å²) in [5, 5.41) is 11.1. The second-order valence-corrected chi connectivity index (χ2v) is 8.00. The van der Waals surface area contributed by atoms with E-state index in [-0.39, 0.29) is 0 Å². The van der Waals surface area contributed by atoms with Crippen LogP contribution in [0.4, 0.5) is 0 Å². The number of nitrogens with zero attached hydrogens (tertiary/aromatic N) is 2. The van der Waals surface area contributed by atoms with Crippen LogP contribution in [0.1, 0.15) is 11.1 Å². The molecule has 1 fully saturated rings. The molecule has 0 bridgehead atoms. The maximum atomic E-state index is 10.4. The largest absolute Gasteiger partial charge is 0.493 e. The van der Waals surface area contributed by atoms with Crippen molar-refractivity contribution >= 4 is 11.6 Å². The van der Waals surface area contributed by atoms with Crippen LogP contribution < -0.4 is 9.47 Å². The monoisotopic (exact) mass is 434 g/mol. The van der Waals surface area contributed by atoms with Crippen molar-refractivity contribution in [2.45, 2.75) is 19.3 Å². The number of hydrogen-bond donors (Lipinski definition) is 1. The number of benzene rings is 2. The SMILES string of the molecule is COc1ccc(COCC(O)CN2CCN(Cc3ccc(Cl)cc3)CC2)cc1OC. The zero-order chi connectivity index (χ0) is 21.3. The van der Waals surface area contributed by atoms with Crippen molar-refractivity contribution in [1.29, 1.82) is 0 Å². The molecule has 0 spiro atoms. The molecule has 7 heteroatoms. The van der Waals surface area contributed by atoms with Crippen molar-refractivity contribution in [3.63, 3.8) is 0 Å². The van der Waals surface area contributed by atoms with Crippen molar-refractivity contribution in [3.8, 4) is 11.5 Å². The number of piperazine rings is 1. The highest BCUT2D eigenvalue weighted by Gasteiger charge is 2.19. The highest BCUT2D eigenvalue weighted by molar-refractivity contribution is 6.30. The van der Waals surface area contributed by atoms with Gasteiger partial charge in [-0.2, -0.15) is 0 Å². The molecule has 0 aliphatic carbocycles. The van der Waals surface area contributed by atoms with Crippen LogP contribution in [-0.2, 0) is 17.9 Å². The van der Waals surface area contributed by atoms with Gasteiger partial charge in [0.15, 0.2) is 11.5 Å². The summed E-state index contributed by atoms with van der Waals surface area (Å²) in [6.07, 6.45) is -0.507. The second-order valence-electron chi connectivity index (χ2n) is 7.56. The normalized spacial score (nSPS) is 16.4. The minimum absolute atomic E-state index is 0.305. The van der Waals surface area contributed by atoms with Gasteiger partial charge in [0.2, 0.25) is 0 Å². The van der Waals surface area contributed by atoms with Gasteiger partial charge in [0, 0.05) is 44.3 Å². The molecule has 1 aliphatic rings. The third kappa shape index (κ3) is 6.86. The summed E-state index contributed by atoms with van der Waals surface area (Å²) in [6.45, 7) is 6.15. The van der Waals surface area contributed by atoms with Crippen molar-refractivity contribution in [2.24, 2.45) is 0 Å². The smallest absolute Gasteiger partial charge is 0.161 e. The first-order valence-electron chi connectivity index (χ1n) is 10.2. The highest BCUT2D eigenvalue weighted by atomic mass is 35.5. The van der Waals surface area contributed by atoms with Crippen molar-refractivity contribution in [2.75, 3.05) is 53.6 Å². The molecule has 0 amide bonds. The Bertz CT molecular complexity index is 779. The molecular weight excluding hydrogens is 404 g/mol. The third-order valence-electron chi connectivity index (χ3n) is 5.28. The molecule has 1 aliphatic heterocycles. The van der Waals surface area contributed by atoms with Gasteiger partial charge in [0.1, 0.15) is 0 Å². The highest BCUT2D eigenvalue weighted by Crippen LogP contribution is 2.27. The first-order chi connectivity index (χ1) is 14.6. The molecule has 0 radical (unpaired) electrons. The summed E-state index contributed by atoms with van der Waals surface area (Å²) in [4.78, 5) is 4.72. The van der Waals surface area contributed by atoms with Crippen LogP contribution in [0, 0.1) is 0 Å². The van der Waals surface area contributed by atoms with Gasteiger partial charge in [0.05, 0.1) is 33.5 Å². The fraction of sp³-hybridized carbons (Fsp3) is 0.478. The Labute approximate surface area is 183 Å². The van der Waals surface area contributed by atoms with Crippen molar-refractivity contribution < 1.29 is 19.3 Å².